The summed E-state index contributed by atoms with van der Waals surface area (Å²) in [6.45, 7) is 3.27. The molecule has 0 aliphatic carbocycles. The average Bonchev–Trinajstić information content (AvgIpc) is 2.55. The molecule has 1 aliphatic rings. The second-order valence-electron chi connectivity index (χ2n) is 5.44. The lowest BCUT2D eigenvalue weighted by Gasteiger charge is -2.36. The van der Waals surface area contributed by atoms with Gasteiger partial charge in [0.05, 0.1) is 5.41 Å². The van der Waals surface area contributed by atoms with Crippen LogP contribution in [0.3, 0.4) is 0 Å². The van der Waals surface area contributed by atoms with E-state index in [2.05, 4.69) is 22.1 Å². The summed E-state index contributed by atoms with van der Waals surface area (Å²) in [5.74, 6) is 0.735. The third-order valence-electron chi connectivity index (χ3n) is 4.10. The van der Waals surface area contributed by atoms with Gasteiger partial charge in [-0.3, -0.25) is 4.79 Å². The highest BCUT2D eigenvalue weighted by Crippen LogP contribution is 2.39. The number of aldehydes is 1. The Hall–Kier alpha value is -2.07. The van der Waals surface area contributed by atoms with E-state index in [1.807, 2.05) is 25.1 Å². The van der Waals surface area contributed by atoms with Crippen molar-refractivity contribution in [3.8, 4) is 0 Å². The van der Waals surface area contributed by atoms with Crippen molar-refractivity contribution in [2.45, 2.75) is 25.2 Å². The molecule has 2 heterocycles. The van der Waals surface area contributed by atoms with Gasteiger partial charge in [0.15, 0.2) is 6.29 Å². The Morgan fingerprint density at radius 3 is 2.52 bits per heavy atom. The van der Waals surface area contributed by atoms with Crippen LogP contribution in [0.4, 0.5) is 0 Å². The number of ether oxygens (including phenoxy) is 1. The quantitative estimate of drug-likeness (QED) is 0.812. The van der Waals surface area contributed by atoms with Crippen molar-refractivity contribution in [1.29, 1.82) is 0 Å². The number of benzene rings is 1. The van der Waals surface area contributed by atoms with Gasteiger partial charge in [0, 0.05) is 18.9 Å². The van der Waals surface area contributed by atoms with E-state index in [-0.39, 0.29) is 5.41 Å². The molecule has 1 aromatic heterocycles. The Morgan fingerprint density at radius 2 is 1.86 bits per heavy atom. The minimum absolute atomic E-state index is 0.261. The second kappa shape index (κ2) is 5.74. The highest BCUT2D eigenvalue weighted by molar-refractivity contribution is 5.71. The third kappa shape index (κ3) is 2.59. The Labute approximate surface area is 124 Å². The molecule has 0 saturated carbocycles. The number of nitrogens with zero attached hydrogens (tertiary/aromatic N) is 2. The van der Waals surface area contributed by atoms with Crippen LogP contribution in [-0.2, 0) is 10.2 Å². The molecule has 0 radical (unpaired) electrons. The van der Waals surface area contributed by atoms with Gasteiger partial charge in [-0.1, -0.05) is 30.3 Å². The number of carbonyl (C=O) groups excluding carboxylic acids is 1. The van der Waals surface area contributed by atoms with Crippen molar-refractivity contribution in [2.24, 2.45) is 0 Å². The van der Waals surface area contributed by atoms with Crippen LogP contribution in [0.2, 0.25) is 0 Å². The molecule has 21 heavy (non-hydrogen) atoms. The van der Waals surface area contributed by atoms with Crippen LogP contribution in [0.15, 0.2) is 36.4 Å². The molecule has 0 atom stereocenters. The molecule has 4 heteroatoms. The second-order valence-corrected chi connectivity index (χ2v) is 5.44. The fraction of sp³-hybridized carbons (Fsp3) is 0.353. The molecule has 0 amide bonds. The van der Waals surface area contributed by atoms with Gasteiger partial charge in [0.25, 0.3) is 0 Å². The molecular formula is C17H18N2O2. The number of aromatic nitrogens is 2. The lowest BCUT2D eigenvalue weighted by atomic mass is 9.73. The normalized spacial score (nSPS) is 17.4. The molecule has 0 bridgehead atoms. The predicted molar refractivity (Wildman–Crippen MR) is 79.4 cm³/mol. The molecule has 2 aromatic rings. The molecule has 0 N–H and O–H groups in total. The summed E-state index contributed by atoms with van der Waals surface area (Å²) in [4.78, 5) is 20.2. The van der Waals surface area contributed by atoms with Crippen LogP contribution in [0.25, 0.3) is 0 Å². The lowest BCUT2D eigenvalue weighted by molar-refractivity contribution is 0.0603. The van der Waals surface area contributed by atoms with E-state index in [1.54, 1.807) is 6.07 Å². The summed E-state index contributed by atoms with van der Waals surface area (Å²) in [5, 5.41) is 0. The van der Waals surface area contributed by atoms with E-state index in [9.17, 15) is 4.79 Å². The summed E-state index contributed by atoms with van der Waals surface area (Å²) in [7, 11) is 0. The van der Waals surface area contributed by atoms with Crippen molar-refractivity contribution in [3.63, 3.8) is 0 Å². The number of hydrogen-bond donors (Lipinski definition) is 0. The van der Waals surface area contributed by atoms with Gasteiger partial charge in [-0.05, 0) is 31.4 Å². The fourth-order valence-corrected chi connectivity index (χ4v) is 2.99. The molecule has 0 unspecified atom stereocenters. The highest BCUT2D eigenvalue weighted by atomic mass is 16.5. The van der Waals surface area contributed by atoms with Crippen LogP contribution in [-0.4, -0.2) is 29.5 Å². The highest BCUT2D eigenvalue weighted by Gasteiger charge is 2.39. The molecule has 108 valence electrons. The number of carbonyl (C=O) groups is 1. The minimum Gasteiger partial charge on any atom is -0.381 e. The first-order valence-electron chi connectivity index (χ1n) is 7.19. The summed E-state index contributed by atoms with van der Waals surface area (Å²) in [5.41, 5.74) is 2.20. The van der Waals surface area contributed by atoms with Crippen LogP contribution >= 0.6 is 0 Å². The molecular weight excluding hydrogens is 264 g/mol. The number of rotatable bonds is 3. The van der Waals surface area contributed by atoms with E-state index in [1.165, 1.54) is 5.56 Å². The van der Waals surface area contributed by atoms with Gasteiger partial charge in [0.2, 0.25) is 0 Å². The predicted octanol–water partition coefficient (Wildman–Crippen LogP) is 2.69. The van der Waals surface area contributed by atoms with Crippen LogP contribution < -0.4 is 0 Å². The Morgan fingerprint density at radius 1 is 1.14 bits per heavy atom. The van der Waals surface area contributed by atoms with Crippen molar-refractivity contribution >= 4 is 6.29 Å². The fourth-order valence-electron chi connectivity index (χ4n) is 2.99. The van der Waals surface area contributed by atoms with Gasteiger partial charge in [-0.2, -0.15) is 0 Å². The van der Waals surface area contributed by atoms with E-state index >= 15 is 0 Å². The number of hydrogen-bond acceptors (Lipinski definition) is 4. The third-order valence-corrected chi connectivity index (χ3v) is 4.10. The van der Waals surface area contributed by atoms with Crippen LogP contribution in [0.1, 0.15) is 40.4 Å². The molecule has 1 fully saturated rings. The SMILES string of the molecule is Cc1cc(C=O)nc(C2(c3ccccc3)CCOCC2)n1. The monoisotopic (exact) mass is 282 g/mol. The Kier molecular flexibility index (Phi) is 3.80. The average molecular weight is 282 g/mol. The maximum absolute atomic E-state index is 11.1. The zero-order valence-corrected chi connectivity index (χ0v) is 12.1. The summed E-state index contributed by atoms with van der Waals surface area (Å²) in [6, 6.07) is 12.0. The Bertz CT molecular complexity index is 634. The van der Waals surface area contributed by atoms with Crippen LogP contribution in [0.5, 0.6) is 0 Å². The molecule has 0 spiro atoms. The molecule has 1 saturated heterocycles. The summed E-state index contributed by atoms with van der Waals surface area (Å²) in [6.07, 6.45) is 2.45. The van der Waals surface area contributed by atoms with Crippen LogP contribution in [0, 0.1) is 6.92 Å². The topological polar surface area (TPSA) is 52.1 Å². The van der Waals surface area contributed by atoms with Gasteiger partial charge < -0.3 is 4.74 Å². The maximum Gasteiger partial charge on any atom is 0.168 e. The van der Waals surface area contributed by atoms with E-state index in [0.717, 1.165) is 30.6 Å². The van der Waals surface area contributed by atoms with E-state index < -0.39 is 0 Å². The van der Waals surface area contributed by atoms with E-state index in [4.69, 9.17) is 4.74 Å². The number of aryl methyl sites for hydroxylation is 1. The molecule has 1 aliphatic heterocycles. The van der Waals surface area contributed by atoms with Gasteiger partial charge in [0.1, 0.15) is 11.5 Å². The molecule has 4 nitrogen and oxygen atoms in total. The van der Waals surface area contributed by atoms with Crippen molar-refractivity contribution in [3.05, 3.63) is 59.2 Å². The van der Waals surface area contributed by atoms with Crippen molar-refractivity contribution in [2.75, 3.05) is 13.2 Å². The Balaban J connectivity index is 2.16. The largest absolute Gasteiger partial charge is 0.381 e. The zero-order chi connectivity index (χ0) is 14.7. The maximum atomic E-state index is 11.1. The molecule has 1 aromatic carbocycles. The summed E-state index contributed by atoms with van der Waals surface area (Å²) >= 11 is 0. The minimum atomic E-state index is -0.261. The van der Waals surface area contributed by atoms with Crippen molar-refractivity contribution < 1.29 is 9.53 Å². The molecule has 3 rings (SSSR count). The summed E-state index contributed by atoms with van der Waals surface area (Å²) < 4.78 is 5.53. The van der Waals surface area contributed by atoms with Gasteiger partial charge in [-0.25, -0.2) is 9.97 Å². The zero-order valence-electron chi connectivity index (χ0n) is 12.1. The smallest absolute Gasteiger partial charge is 0.168 e. The first-order valence-corrected chi connectivity index (χ1v) is 7.19. The van der Waals surface area contributed by atoms with Gasteiger partial charge >= 0.3 is 0 Å². The lowest BCUT2D eigenvalue weighted by Crippen LogP contribution is -2.37. The van der Waals surface area contributed by atoms with Gasteiger partial charge in [-0.15, -0.1) is 0 Å². The first-order chi connectivity index (χ1) is 10.2. The van der Waals surface area contributed by atoms with E-state index in [0.29, 0.717) is 18.9 Å². The first kappa shape index (κ1) is 13.9. The van der Waals surface area contributed by atoms with Crippen molar-refractivity contribution in [1.82, 2.24) is 9.97 Å². The standard InChI is InChI=1S/C17H18N2O2/c1-13-11-15(12-20)19-16(18-13)17(7-9-21-10-8-17)14-5-3-2-4-6-14/h2-6,11-12H,7-10H2,1H3.